The van der Waals surface area contributed by atoms with Crippen LogP contribution < -0.4 is 10.6 Å². The second kappa shape index (κ2) is 15.9. The molecule has 0 bridgehead atoms. The summed E-state index contributed by atoms with van der Waals surface area (Å²) in [6.45, 7) is 4.07. The van der Waals surface area contributed by atoms with Gasteiger partial charge >= 0.3 is 0 Å². The number of furan rings is 1. The molecular weight excluding hydrogens is 729 g/mol. The molecule has 2 aromatic heterocycles. The quantitative estimate of drug-likeness (QED) is 0.159. The van der Waals surface area contributed by atoms with Crippen molar-refractivity contribution in [3.05, 3.63) is 239 Å². The Hall–Kier alpha value is -7.75. The molecule has 1 aliphatic heterocycles. The van der Waals surface area contributed by atoms with Crippen molar-refractivity contribution in [3.63, 3.8) is 0 Å². The zero-order valence-electron chi connectivity index (χ0n) is 33.6. The molecule has 0 unspecified atom stereocenters. The number of nitrogens with zero attached hydrogens (tertiary/aromatic N) is 2. The summed E-state index contributed by atoms with van der Waals surface area (Å²) in [6, 6.07) is 60.5. The molecule has 0 N–H and O–H groups in total. The molecule has 0 radical (unpaired) electrons. The highest BCUT2D eigenvalue weighted by atomic mass is 16.3. The summed E-state index contributed by atoms with van der Waals surface area (Å²) in [4.78, 5) is 5.04. The van der Waals surface area contributed by atoms with Crippen LogP contribution in [-0.2, 0) is 0 Å². The van der Waals surface area contributed by atoms with Gasteiger partial charge in [0.1, 0.15) is 11.0 Å². The van der Waals surface area contributed by atoms with E-state index in [-0.39, 0.29) is 0 Å². The first-order chi connectivity index (χ1) is 29.6. The highest BCUT2D eigenvalue weighted by Crippen LogP contribution is 2.35. The van der Waals surface area contributed by atoms with Gasteiger partial charge < -0.3 is 8.98 Å². The van der Waals surface area contributed by atoms with Crippen molar-refractivity contribution in [3.8, 4) is 27.9 Å². The minimum absolute atomic E-state index is 0.825. The lowest BCUT2D eigenvalue weighted by Crippen LogP contribution is -2.19. The van der Waals surface area contributed by atoms with Gasteiger partial charge in [0, 0.05) is 38.3 Å². The molecule has 0 atom stereocenters. The molecule has 0 aliphatic carbocycles. The van der Waals surface area contributed by atoms with Gasteiger partial charge in [-0.05, 0) is 126 Å². The van der Waals surface area contributed by atoms with E-state index < -0.39 is 0 Å². The van der Waals surface area contributed by atoms with E-state index in [0.717, 1.165) is 72.1 Å². The Morgan fingerprint density at radius 2 is 1.23 bits per heavy atom. The van der Waals surface area contributed by atoms with Crippen LogP contribution in [0.2, 0.25) is 0 Å². The van der Waals surface area contributed by atoms with Gasteiger partial charge in [-0.2, -0.15) is 0 Å². The van der Waals surface area contributed by atoms with Crippen molar-refractivity contribution in [2.45, 2.75) is 13.8 Å². The van der Waals surface area contributed by atoms with Gasteiger partial charge in [0.15, 0.2) is 0 Å². The molecule has 0 spiro atoms. The monoisotopic (exact) mass is 770 g/mol. The average molecular weight is 771 g/mol. The first-order valence-corrected chi connectivity index (χ1v) is 20.5. The second-order valence-corrected chi connectivity index (χ2v) is 15.2. The third-order valence-electron chi connectivity index (χ3n) is 11.2. The summed E-state index contributed by atoms with van der Waals surface area (Å²) in [7, 11) is 0. The number of aliphatic imine (C=N–C) groups is 1. The largest absolute Gasteiger partial charge is 0.456 e. The minimum atomic E-state index is 0.825. The molecule has 0 amide bonds. The Balaban J connectivity index is 1.05. The normalized spacial score (nSPS) is 17.0. The van der Waals surface area contributed by atoms with E-state index in [1.165, 1.54) is 32.9 Å². The Morgan fingerprint density at radius 1 is 0.567 bits per heavy atom. The fraction of sp³-hybridized carbons (Fsp3) is 0.0351. The predicted molar refractivity (Wildman–Crippen MR) is 254 cm³/mol. The van der Waals surface area contributed by atoms with Crippen molar-refractivity contribution in [2.75, 3.05) is 0 Å². The van der Waals surface area contributed by atoms with Gasteiger partial charge in [0.05, 0.1) is 16.7 Å². The van der Waals surface area contributed by atoms with Crippen LogP contribution in [0.4, 0.5) is 0 Å². The predicted octanol–water partition coefficient (Wildman–Crippen LogP) is 13.4. The Labute approximate surface area is 349 Å². The lowest BCUT2D eigenvalue weighted by atomic mass is 9.96. The lowest BCUT2D eigenvalue weighted by Gasteiger charge is -2.10. The van der Waals surface area contributed by atoms with E-state index in [1.807, 2.05) is 32.1 Å². The molecule has 7 aromatic carbocycles. The van der Waals surface area contributed by atoms with Crippen molar-refractivity contribution < 1.29 is 4.42 Å². The Bertz CT molecular complexity index is 3350. The van der Waals surface area contributed by atoms with Crippen molar-refractivity contribution in [1.82, 2.24) is 4.57 Å². The Kier molecular flexibility index (Phi) is 9.69. The third kappa shape index (κ3) is 7.08. The van der Waals surface area contributed by atoms with Gasteiger partial charge in [-0.1, -0.05) is 146 Å². The van der Waals surface area contributed by atoms with Gasteiger partial charge in [0.2, 0.25) is 0 Å². The van der Waals surface area contributed by atoms with Gasteiger partial charge in [-0.3, -0.25) is 4.99 Å². The van der Waals surface area contributed by atoms with Crippen LogP contribution in [-0.4, -0.2) is 10.3 Å². The zero-order chi connectivity index (χ0) is 40.4. The summed E-state index contributed by atoms with van der Waals surface area (Å²) >= 11 is 0. The van der Waals surface area contributed by atoms with Crippen LogP contribution >= 0.6 is 0 Å². The van der Waals surface area contributed by atoms with Gasteiger partial charge in [0.25, 0.3) is 0 Å². The standard InChI is InChI=1S/C57H42N2O/c1-3-4-25-56-51(35-40-16-14-20-44(34-40)45-19-13-15-39(2)58-53(38-45)43-28-26-42(27-29-43)41-17-7-5-8-18-41)52-37-47(31-33-57(52)60-56)46-30-32-55-50(36-46)49-23-11-12-24-54(49)59(55)48-21-9-6-10-22-48/h3-38H,1-2H3/b4-3-,15-13?,19-13-,39-15+,45-19?,45-38+,51-35?,53-38?,56-25+,58-39?,58-53-. The molecule has 0 fully saturated rings. The molecule has 60 heavy (non-hydrogen) atoms. The smallest absolute Gasteiger partial charge is 0.135 e. The van der Waals surface area contributed by atoms with Crippen LogP contribution in [0, 0.1) is 0 Å². The zero-order valence-corrected chi connectivity index (χ0v) is 33.6. The average Bonchev–Trinajstić information content (AvgIpc) is 3.81. The van der Waals surface area contributed by atoms with Crippen LogP contribution in [0.1, 0.15) is 30.5 Å². The summed E-state index contributed by atoms with van der Waals surface area (Å²) in [5.41, 5.74) is 16.1. The SMILES string of the molecule is C/C=C\C=c1\oc2ccc(-c3ccc4c(c3)c3ccccc3n4-c3ccccc3)cc2c1=Cc1cccc(C2=C/C(c3ccc(-c4ccccc4)cc3)=N/C(C)=C/C=C\2)c1. The van der Waals surface area contributed by atoms with E-state index in [0.29, 0.717) is 0 Å². The topological polar surface area (TPSA) is 30.4 Å². The number of hydrogen-bond donors (Lipinski definition) is 0. The molecule has 3 heteroatoms. The number of hydrogen-bond acceptors (Lipinski definition) is 2. The number of benzene rings is 7. The maximum Gasteiger partial charge on any atom is 0.135 e. The first-order valence-electron chi connectivity index (χ1n) is 20.5. The molecule has 0 saturated heterocycles. The van der Waals surface area contributed by atoms with E-state index >= 15 is 0 Å². The molecule has 1 aliphatic rings. The Morgan fingerprint density at radius 3 is 2.05 bits per heavy atom. The molecule has 0 saturated carbocycles. The summed E-state index contributed by atoms with van der Waals surface area (Å²) < 4.78 is 8.90. The minimum Gasteiger partial charge on any atom is -0.456 e. The second-order valence-electron chi connectivity index (χ2n) is 15.2. The van der Waals surface area contributed by atoms with Crippen LogP contribution in [0.25, 0.3) is 78.4 Å². The van der Waals surface area contributed by atoms with E-state index in [2.05, 4.69) is 205 Å². The van der Waals surface area contributed by atoms with Crippen LogP contribution in [0.15, 0.2) is 221 Å². The van der Waals surface area contributed by atoms with Crippen molar-refractivity contribution in [1.29, 1.82) is 0 Å². The van der Waals surface area contributed by atoms with E-state index in [4.69, 9.17) is 9.41 Å². The van der Waals surface area contributed by atoms with E-state index in [1.54, 1.807) is 0 Å². The highest BCUT2D eigenvalue weighted by molar-refractivity contribution is 6.14. The lowest BCUT2D eigenvalue weighted by molar-refractivity contribution is 0.576. The molecular formula is C57H42N2O. The number of aromatic nitrogens is 1. The number of allylic oxidation sites excluding steroid dienone is 8. The molecule has 286 valence electrons. The number of fused-ring (bicyclic) bond motifs is 4. The molecule has 10 rings (SSSR count). The van der Waals surface area contributed by atoms with Crippen LogP contribution in [0.3, 0.4) is 0 Å². The summed E-state index contributed by atoms with van der Waals surface area (Å²) in [5, 5.41) is 4.58. The van der Waals surface area contributed by atoms with Crippen molar-refractivity contribution >= 4 is 56.2 Å². The fourth-order valence-electron chi connectivity index (χ4n) is 8.29. The van der Waals surface area contributed by atoms with E-state index in [9.17, 15) is 0 Å². The highest BCUT2D eigenvalue weighted by Gasteiger charge is 2.14. The maximum atomic E-state index is 6.55. The van der Waals surface area contributed by atoms with Crippen molar-refractivity contribution in [2.24, 2.45) is 4.99 Å². The summed E-state index contributed by atoms with van der Waals surface area (Å²) in [5.74, 6) is 0. The first kappa shape index (κ1) is 36.6. The number of rotatable bonds is 7. The third-order valence-corrected chi connectivity index (χ3v) is 11.2. The molecule has 3 heterocycles. The summed E-state index contributed by atoms with van der Waals surface area (Å²) in [6.07, 6.45) is 16.9. The fourth-order valence-corrected chi connectivity index (χ4v) is 8.29. The van der Waals surface area contributed by atoms with Crippen LogP contribution in [0.5, 0.6) is 0 Å². The molecule has 3 nitrogen and oxygen atoms in total. The van der Waals surface area contributed by atoms with Gasteiger partial charge in [-0.25, -0.2) is 0 Å². The maximum absolute atomic E-state index is 6.55. The number of para-hydroxylation sites is 2. The molecule has 9 aromatic rings. The van der Waals surface area contributed by atoms with Gasteiger partial charge in [-0.15, -0.1) is 0 Å².